The fourth-order valence-electron chi connectivity index (χ4n) is 3.60. The van der Waals surface area contributed by atoms with Gasteiger partial charge in [0.15, 0.2) is 0 Å². The van der Waals surface area contributed by atoms with Gasteiger partial charge in [-0.15, -0.1) is 12.4 Å². The third-order valence-corrected chi connectivity index (χ3v) is 5.04. The summed E-state index contributed by atoms with van der Waals surface area (Å²) >= 11 is 0. The largest absolute Gasteiger partial charge is 0.364 e. The van der Waals surface area contributed by atoms with E-state index in [0.29, 0.717) is 12.5 Å². The van der Waals surface area contributed by atoms with Crippen LogP contribution < -0.4 is 5.73 Å². The molecule has 2 aliphatic rings. The number of benzene rings is 1. The fraction of sp³-hybridized carbons (Fsp3) is 0.611. The number of rotatable bonds is 4. The molecule has 2 saturated heterocycles. The predicted octanol–water partition coefficient (Wildman–Crippen LogP) is 2.53. The average molecular weight is 357 g/mol. The van der Waals surface area contributed by atoms with Crippen LogP contribution in [-0.4, -0.2) is 42.6 Å². The lowest BCUT2D eigenvalue weighted by Crippen LogP contribution is -2.44. The van der Waals surface area contributed by atoms with Crippen molar-refractivity contribution in [2.24, 2.45) is 11.7 Å². The predicted molar refractivity (Wildman–Crippen MR) is 93.6 cm³/mol. The Morgan fingerprint density at radius 3 is 2.54 bits per heavy atom. The van der Waals surface area contributed by atoms with Crippen molar-refractivity contribution in [3.05, 3.63) is 35.6 Å². The number of nitrogens with zero attached hydrogens (tertiary/aromatic N) is 1. The molecule has 4 nitrogen and oxygen atoms in total. The Balaban J connectivity index is 0.00000208. The third kappa shape index (κ3) is 4.47. The van der Waals surface area contributed by atoms with Gasteiger partial charge in [-0.25, -0.2) is 4.39 Å². The van der Waals surface area contributed by atoms with Crippen molar-refractivity contribution < 1.29 is 13.9 Å². The molecule has 0 aliphatic carbocycles. The van der Waals surface area contributed by atoms with E-state index in [1.165, 1.54) is 6.07 Å². The van der Waals surface area contributed by atoms with Crippen LogP contribution in [0, 0.1) is 11.7 Å². The van der Waals surface area contributed by atoms with Gasteiger partial charge in [0, 0.05) is 19.6 Å². The Morgan fingerprint density at radius 2 is 1.92 bits per heavy atom. The number of carbonyl (C=O) groups is 1. The number of carbonyl (C=O) groups excluding carboxylic acids is 1. The molecule has 0 saturated carbocycles. The Morgan fingerprint density at radius 1 is 1.21 bits per heavy atom. The first-order valence-electron chi connectivity index (χ1n) is 8.55. The van der Waals surface area contributed by atoms with Gasteiger partial charge >= 0.3 is 0 Å². The number of hydrogen-bond acceptors (Lipinski definition) is 3. The van der Waals surface area contributed by atoms with E-state index in [9.17, 15) is 9.18 Å². The topological polar surface area (TPSA) is 55.6 Å². The highest BCUT2D eigenvalue weighted by atomic mass is 35.5. The molecule has 1 aromatic rings. The van der Waals surface area contributed by atoms with Gasteiger partial charge in [0.25, 0.3) is 5.91 Å². The highest BCUT2D eigenvalue weighted by molar-refractivity contribution is 5.85. The molecular formula is C18H26ClFN2O2. The average Bonchev–Trinajstić information content (AvgIpc) is 3.06. The van der Waals surface area contributed by atoms with Crippen molar-refractivity contribution in [3.63, 3.8) is 0 Å². The van der Waals surface area contributed by atoms with E-state index in [0.717, 1.165) is 50.8 Å². The third-order valence-electron chi connectivity index (χ3n) is 5.04. The summed E-state index contributed by atoms with van der Waals surface area (Å²) in [4.78, 5) is 14.4. The van der Waals surface area contributed by atoms with Gasteiger partial charge in [0.2, 0.25) is 0 Å². The molecule has 2 aliphatic heterocycles. The molecular weight excluding hydrogens is 331 g/mol. The zero-order valence-electron chi connectivity index (χ0n) is 13.8. The summed E-state index contributed by atoms with van der Waals surface area (Å²) in [6.45, 7) is 1.96. The molecule has 2 fully saturated rings. The quantitative estimate of drug-likeness (QED) is 0.902. The lowest BCUT2D eigenvalue weighted by molar-refractivity contribution is -0.144. The number of nitrogens with two attached hydrogens (primary N) is 1. The van der Waals surface area contributed by atoms with Gasteiger partial charge in [-0.3, -0.25) is 4.79 Å². The van der Waals surface area contributed by atoms with Crippen LogP contribution in [0.5, 0.6) is 0 Å². The van der Waals surface area contributed by atoms with Crippen molar-refractivity contribution in [1.29, 1.82) is 0 Å². The molecule has 2 heterocycles. The summed E-state index contributed by atoms with van der Waals surface area (Å²) in [5.41, 5.74) is 6.38. The van der Waals surface area contributed by atoms with E-state index in [-0.39, 0.29) is 36.3 Å². The highest BCUT2D eigenvalue weighted by Crippen LogP contribution is 2.26. The first kappa shape index (κ1) is 19.2. The molecule has 0 unspecified atom stereocenters. The molecule has 0 radical (unpaired) electrons. The number of halogens is 2. The molecule has 2 atom stereocenters. The SMILES string of the molecule is Cl.NC[C@H]1CC[C@@H](C(=O)N2CCC(Cc3ccccc3F)CC2)O1. The number of piperidine rings is 1. The zero-order chi connectivity index (χ0) is 16.2. The fourth-order valence-corrected chi connectivity index (χ4v) is 3.60. The Bertz CT molecular complexity index is 550. The van der Waals surface area contributed by atoms with Gasteiger partial charge in [0.05, 0.1) is 6.10 Å². The van der Waals surface area contributed by atoms with Crippen LogP contribution in [0.15, 0.2) is 24.3 Å². The van der Waals surface area contributed by atoms with Crippen molar-refractivity contribution in [2.45, 2.75) is 44.3 Å². The molecule has 24 heavy (non-hydrogen) atoms. The van der Waals surface area contributed by atoms with Crippen molar-refractivity contribution in [2.75, 3.05) is 19.6 Å². The molecule has 1 amide bonds. The van der Waals surface area contributed by atoms with E-state index in [2.05, 4.69) is 0 Å². The molecule has 3 rings (SSSR count). The van der Waals surface area contributed by atoms with Crippen LogP contribution >= 0.6 is 12.4 Å². The summed E-state index contributed by atoms with van der Waals surface area (Å²) in [6.07, 6.45) is 3.96. The number of hydrogen-bond donors (Lipinski definition) is 1. The molecule has 2 N–H and O–H groups in total. The van der Waals surface area contributed by atoms with Crippen LogP contribution in [0.4, 0.5) is 4.39 Å². The smallest absolute Gasteiger partial charge is 0.251 e. The van der Waals surface area contributed by atoms with Gasteiger partial charge < -0.3 is 15.4 Å². The summed E-state index contributed by atoms with van der Waals surface area (Å²) in [6, 6.07) is 6.96. The van der Waals surface area contributed by atoms with E-state index < -0.39 is 0 Å². The van der Waals surface area contributed by atoms with Crippen molar-refractivity contribution in [1.82, 2.24) is 4.90 Å². The van der Waals surface area contributed by atoms with Crippen LogP contribution in [0.1, 0.15) is 31.2 Å². The lowest BCUT2D eigenvalue weighted by atomic mass is 9.90. The van der Waals surface area contributed by atoms with E-state index in [1.807, 2.05) is 17.0 Å². The Kier molecular flexibility index (Phi) is 7.02. The molecule has 1 aromatic carbocycles. The maximum absolute atomic E-state index is 13.7. The minimum atomic E-state index is -0.313. The second-order valence-corrected chi connectivity index (χ2v) is 6.62. The zero-order valence-corrected chi connectivity index (χ0v) is 14.6. The Hall–Kier alpha value is -1.17. The van der Waals surface area contributed by atoms with E-state index >= 15 is 0 Å². The standard InChI is InChI=1S/C18H25FN2O2.ClH/c19-16-4-2-1-3-14(16)11-13-7-9-21(10-8-13)18(22)17-6-5-15(12-20)23-17;/h1-4,13,15,17H,5-12,20H2;1H/t15-,17+;/m1./s1. The minimum Gasteiger partial charge on any atom is -0.364 e. The molecule has 0 bridgehead atoms. The number of amides is 1. The maximum Gasteiger partial charge on any atom is 0.251 e. The molecule has 6 heteroatoms. The summed E-state index contributed by atoms with van der Waals surface area (Å²) < 4.78 is 19.4. The summed E-state index contributed by atoms with van der Waals surface area (Å²) in [5.74, 6) is 0.417. The van der Waals surface area contributed by atoms with Crippen molar-refractivity contribution in [3.8, 4) is 0 Å². The minimum absolute atomic E-state index is 0. The molecule has 0 aromatic heterocycles. The van der Waals surface area contributed by atoms with Crippen molar-refractivity contribution >= 4 is 18.3 Å². The van der Waals surface area contributed by atoms with E-state index in [1.54, 1.807) is 6.07 Å². The summed E-state index contributed by atoms with van der Waals surface area (Å²) in [7, 11) is 0. The number of likely N-dealkylation sites (tertiary alicyclic amines) is 1. The molecule has 0 spiro atoms. The second-order valence-electron chi connectivity index (χ2n) is 6.62. The Labute approximate surface area is 148 Å². The lowest BCUT2D eigenvalue weighted by Gasteiger charge is -2.33. The normalized spacial score (nSPS) is 24.7. The van der Waals surface area contributed by atoms with Gasteiger partial charge in [-0.05, 0) is 49.7 Å². The van der Waals surface area contributed by atoms with Crippen LogP contribution in [0.25, 0.3) is 0 Å². The van der Waals surface area contributed by atoms with Crippen LogP contribution in [-0.2, 0) is 16.0 Å². The van der Waals surface area contributed by atoms with E-state index in [4.69, 9.17) is 10.5 Å². The van der Waals surface area contributed by atoms with Crippen LogP contribution in [0.2, 0.25) is 0 Å². The maximum atomic E-state index is 13.7. The van der Waals surface area contributed by atoms with Gasteiger partial charge in [-0.1, -0.05) is 18.2 Å². The second kappa shape index (κ2) is 8.79. The van der Waals surface area contributed by atoms with Gasteiger partial charge in [0.1, 0.15) is 11.9 Å². The first-order chi connectivity index (χ1) is 11.2. The molecule has 134 valence electrons. The summed E-state index contributed by atoms with van der Waals surface area (Å²) in [5, 5.41) is 0. The number of ether oxygens (including phenoxy) is 1. The highest BCUT2D eigenvalue weighted by Gasteiger charge is 2.34. The monoisotopic (exact) mass is 356 g/mol. The first-order valence-corrected chi connectivity index (χ1v) is 8.55. The van der Waals surface area contributed by atoms with Gasteiger partial charge in [-0.2, -0.15) is 0 Å². The van der Waals surface area contributed by atoms with Crippen LogP contribution in [0.3, 0.4) is 0 Å².